The van der Waals surface area contributed by atoms with Crippen LogP contribution in [0.1, 0.15) is 10.4 Å². The van der Waals surface area contributed by atoms with Gasteiger partial charge < -0.3 is 16.6 Å². The van der Waals surface area contributed by atoms with Crippen molar-refractivity contribution in [1.82, 2.24) is 0 Å². The van der Waals surface area contributed by atoms with Crippen molar-refractivity contribution in [3.8, 4) is 5.75 Å². The Balaban J connectivity index is 0.000000306. The molecule has 0 atom stereocenters. The minimum atomic E-state index is 0. The van der Waals surface area contributed by atoms with Gasteiger partial charge in [0.1, 0.15) is 5.75 Å². The molecule has 0 heterocycles. The summed E-state index contributed by atoms with van der Waals surface area (Å²) in [6.45, 7) is 0. The number of carbonyl (C=O) groups is 1. The van der Waals surface area contributed by atoms with Crippen molar-refractivity contribution in [3.63, 3.8) is 0 Å². The summed E-state index contributed by atoms with van der Waals surface area (Å²) in [4.78, 5) is 10.1. The zero-order valence-corrected chi connectivity index (χ0v) is 12.9. The van der Waals surface area contributed by atoms with E-state index in [9.17, 15) is 4.79 Å². The first kappa shape index (κ1) is 16.1. The van der Waals surface area contributed by atoms with Crippen molar-refractivity contribution in [2.75, 3.05) is 11.5 Å². The van der Waals surface area contributed by atoms with E-state index in [0.717, 1.165) is 0 Å². The molecule has 0 saturated carbocycles. The number of nitrogens with two attached hydrogens (primary N) is 2. The maximum atomic E-state index is 10.1. The van der Waals surface area contributed by atoms with Gasteiger partial charge in [-0.25, -0.2) is 0 Å². The third-order valence-electron chi connectivity index (χ3n) is 1.97. The summed E-state index contributed by atoms with van der Waals surface area (Å²) in [6.07, 6.45) is 0.620. The number of aromatic hydroxyl groups is 1. The van der Waals surface area contributed by atoms with Crippen LogP contribution in [0, 0.1) is 0 Å². The zero-order valence-electron chi connectivity index (χ0n) is 9.91. The van der Waals surface area contributed by atoms with Crippen molar-refractivity contribution in [3.05, 3.63) is 54.1 Å². The van der Waals surface area contributed by atoms with Crippen LogP contribution in [0.25, 0.3) is 0 Å². The Morgan fingerprint density at radius 2 is 1.50 bits per heavy atom. The molecule has 2 aromatic carbocycles. The van der Waals surface area contributed by atoms with Crippen LogP contribution in [0.3, 0.4) is 0 Å². The summed E-state index contributed by atoms with van der Waals surface area (Å²) < 4.78 is 0. The maximum absolute atomic E-state index is 10.1. The fourth-order valence-corrected chi connectivity index (χ4v) is 1.15. The van der Waals surface area contributed by atoms with Gasteiger partial charge in [0.25, 0.3) is 0 Å². The molecule has 0 aromatic heterocycles. The first-order valence-corrected chi connectivity index (χ1v) is 4.97. The van der Waals surface area contributed by atoms with Crippen LogP contribution in [0.4, 0.5) is 11.4 Å². The standard InChI is InChI=1S/C7H6O2.C6H8N2.Zn/c8-5-6-3-1-2-4-7(6)9;7-5-2-1-3-6(8)4-5;/h1-5,9H;1-4H,7-8H2;. The molecule has 0 spiro atoms. The Labute approximate surface area is 118 Å². The summed E-state index contributed by atoms with van der Waals surface area (Å²) in [5.41, 5.74) is 12.5. The first-order valence-electron chi connectivity index (χ1n) is 4.97. The number of nitrogen functional groups attached to an aromatic ring is 2. The summed E-state index contributed by atoms with van der Waals surface area (Å²) >= 11 is 0. The Bertz CT molecular complexity index is 487. The average Bonchev–Trinajstić information content (AvgIpc) is 2.30. The van der Waals surface area contributed by atoms with Crippen LogP contribution in [0.15, 0.2) is 48.5 Å². The number of hydrogen-bond acceptors (Lipinski definition) is 4. The van der Waals surface area contributed by atoms with E-state index in [1.807, 2.05) is 6.07 Å². The average molecular weight is 296 g/mol. The Hall–Kier alpha value is -1.87. The van der Waals surface area contributed by atoms with Crippen LogP contribution in [0.2, 0.25) is 0 Å². The first-order chi connectivity index (χ1) is 8.13. The number of phenols is 1. The number of para-hydroxylation sites is 1. The SMILES string of the molecule is Nc1cccc(N)c1.O=Cc1ccccc1O.[Zn]. The third kappa shape index (κ3) is 5.46. The van der Waals surface area contributed by atoms with Gasteiger partial charge in [-0.3, -0.25) is 4.79 Å². The molecule has 0 aliphatic rings. The van der Waals surface area contributed by atoms with Crippen molar-refractivity contribution in [2.24, 2.45) is 0 Å². The van der Waals surface area contributed by atoms with Crippen LogP contribution in [-0.4, -0.2) is 11.4 Å². The summed E-state index contributed by atoms with van der Waals surface area (Å²) in [7, 11) is 0. The molecule has 5 N–H and O–H groups in total. The smallest absolute Gasteiger partial charge is 0.153 e. The molecular weight excluding hydrogens is 282 g/mol. The molecule has 5 heteroatoms. The summed E-state index contributed by atoms with van der Waals surface area (Å²) in [6, 6.07) is 13.6. The van der Waals surface area contributed by atoms with Crippen molar-refractivity contribution < 1.29 is 29.4 Å². The number of phenolic OH excluding ortho intramolecular Hbond substituents is 1. The topological polar surface area (TPSA) is 89.3 Å². The monoisotopic (exact) mass is 294 g/mol. The Kier molecular flexibility index (Phi) is 7.40. The molecule has 0 bridgehead atoms. The number of benzene rings is 2. The molecule has 0 aliphatic carbocycles. The maximum Gasteiger partial charge on any atom is 0.153 e. The van der Waals surface area contributed by atoms with Gasteiger partial charge >= 0.3 is 0 Å². The molecular formula is C13H14N2O2Zn. The fraction of sp³-hybridized carbons (Fsp3) is 0. The van der Waals surface area contributed by atoms with Crippen LogP contribution in [0.5, 0.6) is 5.75 Å². The molecule has 2 rings (SSSR count). The van der Waals surface area contributed by atoms with Gasteiger partial charge in [-0.1, -0.05) is 18.2 Å². The van der Waals surface area contributed by atoms with E-state index in [1.54, 1.807) is 36.4 Å². The number of carbonyl (C=O) groups excluding carboxylic acids is 1. The number of anilines is 2. The molecule has 90 valence electrons. The normalized spacial score (nSPS) is 8.44. The van der Waals surface area contributed by atoms with Gasteiger partial charge in [-0.2, -0.15) is 0 Å². The van der Waals surface area contributed by atoms with E-state index in [4.69, 9.17) is 16.6 Å². The van der Waals surface area contributed by atoms with Gasteiger partial charge in [-0.15, -0.1) is 0 Å². The predicted octanol–water partition coefficient (Wildman–Crippen LogP) is 2.05. The van der Waals surface area contributed by atoms with Gasteiger partial charge in [0.2, 0.25) is 0 Å². The van der Waals surface area contributed by atoms with E-state index >= 15 is 0 Å². The molecule has 0 saturated heterocycles. The third-order valence-corrected chi connectivity index (χ3v) is 1.97. The molecule has 18 heavy (non-hydrogen) atoms. The van der Waals surface area contributed by atoms with Crippen molar-refractivity contribution >= 4 is 17.7 Å². The predicted molar refractivity (Wildman–Crippen MR) is 68.8 cm³/mol. The quantitative estimate of drug-likeness (QED) is 0.427. The fourth-order valence-electron chi connectivity index (χ4n) is 1.15. The van der Waals surface area contributed by atoms with Crippen molar-refractivity contribution in [2.45, 2.75) is 0 Å². The van der Waals surface area contributed by atoms with Crippen LogP contribution in [-0.2, 0) is 19.5 Å². The van der Waals surface area contributed by atoms with Gasteiger partial charge in [0.05, 0.1) is 5.56 Å². The molecule has 0 aliphatic heterocycles. The largest absolute Gasteiger partial charge is 0.507 e. The zero-order chi connectivity index (χ0) is 12.7. The van der Waals surface area contributed by atoms with Gasteiger partial charge in [0.15, 0.2) is 6.29 Å². The number of rotatable bonds is 1. The molecule has 0 amide bonds. The van der Waals surface area contributed by atoms with Crippen LogP contribution < -0.4 is 11.5 Å². The minimum absolute atomic E-state index is 0. The Morgan fingerprint density at radius 1 is 0.944 bits per heavy atom. The minimum Gasteiger partial charge on any atom is -0.507 e. The van der Waals surface area contributed by atoms with E-state index < -0.39 is 0 Å². The molecule has 0 radical (unpaired) electrons. The van der Waals surface area contributed by atoms with E-state index in [0.29, 0.717) is 23.2 Å². The van der Waals surface area contributed by atoms with E-state index in [2.05, 4.69) is 0 Å². The second-order valence-electron chi connectivity index (χ2n) is 3.35. The Morgan fingerprint density at radius 3 is 1.83 bits per heavy atom. The molecule has 4 nitrogen and oxygen atoms in total. The number of hydrogen-bond donors (Lipinski definition) is 3. The molecule has 0 unspecified atom stereocenters. The second kappa shape index (κ2) is 8.26. The second-order valence-corrected chi connectivity index (χ2v) is 3.35. The van der Waals surface area contributed by atoms with Gasteiger partial charge in [-0.05, 0) is 30.3 Å². The van der Waals surface area contributed by atoms with Crippen LogP contribution >= 0.6 is 0 Å². The summed E-state index contributed by atoms with van der Waals surface area (Å²) in [5.74, 6) is 0.0347. The summed E-state index contributed by atoms with van der Waals surface area (Å²) in [5, 5.41) is 8.88. The molecule has 2 aromatic rings. The van der Waals surface area contributed by atoms with Gasteiger partial charge in [0, 0.05) is 30.9 Å². The van der Waals surface area contributed by atoms with Crippen molar-refractivity contribution in [1.29, 1.82) is 0 Å². The van der Waals surface area contributed by atoms with E-state index in [1.165, 1.54) is 6.07 Å². The number of aldehydes is 1. The molecule has 0 fully saturated rings. The van der Waals surface area contributed by atoms with E-state index in [-0.39, 0.29) is 25.2 Å².